The second-order valence-electron chi connectivity index (χ2n) is 6.47. The Hall–Kier alpha value is -4.12. The van der Waals surface area contributed by atoms with E-state index >= 15 is 0 Å². The number of carbonyl (C=O) groups is 2. The molecule has 0 aliphatic rings. The number of esters is 1. The van der Waals surface area contributed by atoms with Gasteiger partial charge in [0, 0.05) is 17.5 Å². The Morgan fingerprint density at radius 2 is 1.97 bits per heavy atom. The molecule has 152 valence electrons. The Kier molecular flexibility index (Phi) is 6.13. The Balaban J connectivity index is 1.57. The molecule has 0 aliphatic carbocycles. The molecule has 30 heavy (non-hydrogen) atoms. The van der Waals surface area contributed by atoms with Crippen molar-refractivity contribution in [2.24, 2.45) is 0 Å². The molecule has 1 heterocycles. The average molecular weight is 406 g/mol. The average Bonchev–Trinajstić information content (AvgIpc) is 2.72. The number of benzene rings is 2. The predicted octanol–water partition coefficient (Wildman–Crippen LogP) is 2.92. The van der Waals surface area contributed by atoms with Crippen molar-refractivity contribution >= 4 is 28.5 Å². The first kappa shape index (κ1) is 20.6. The topological polar surface area (TPSA) is 119 Å². The van der Waals surface area contributed by atoms with Crippen LogP contribution in [-0.2, 0) is 14.3 Å². The van der Waals surface area contributed by atoms with E-state index in [1.807, 2.05) is 6.07 Å². The zero-order valence-electron chi connectivity index (χ0n) is 16.3. The largest absolute Gasteiger partial charge is 0.482 e. The number of hydrogen-bond acceptors (Lipinski definition) is 7. The quantitative estimate of drug-likeness (QED) is 0.494. The highest BCUT2D eigenvalue weighted by molar-refractivity contribution is 5.96. The minimum atomic E-state index is -1.09. The van der Waals surface area contributed by atoms with E-state index < -0.39 is 30.2 Å². The number of nitrogens with one attached hydrogen (secondary N) is 1. The number of amides is 1. The van der Waals surface area contributed by atoms with Crippen molar-refractivity contribution in [2.75, 3.05) is 11.9 Å². The Morgan fingerprint density at radius 1 is 1.20 bits per heavy atom. The highest BCUT2D eigenvalue weighted by atomic mass is 16.6. The zero-order chi connectivity index (χ0) is 21.7. The first-order valence-electron chi connectivity index (χ1n) is 9.04. The minimum Gasteiger partial charge on any atom is -0.482 e. The second kappa shape index (κ2) is 8.92. The van der Waals surface area contributed by atoms with Crippen LogP contribution >= 0.6 is 0 Å². The molecule has 0 unspecified atom stereocenters. The van der Waals surface area contributed by atoms with Gasteiger partial charge in [0.05, 0.1) is 11.3 Å². The zero-order valence-corrected chi connectivity index (χ0v) is 16.3. The molecule has 1 amide bonds. The maximum Gasteiger partial charge on any atom is 0.344 e. The van der Waals surface area contributed by atoms with Gasteiger partial charge in [0.2, 0.25) is 0 Å². The number of rotatable bonds is 6. The SMILES string of the molecule is Cc1cc(=O)oc2cc(OCC(=O)O[C@H](C)C(=O)Nc3ccccc3C#N)ccc12. The smallest absolute Gasteiger partial charge is 0.344 e. The van der Waals surface area contributed by atoms with Crippen LogP contribution in [0.3, 0.4) is 0 Å². The van der Waals surface area contributed by atoms with Gasteiger partial charge in [-0.3, -0.25) is 4.79 Å². The molecule has 1 N–H and O–H groups in total. The summed E-state index contributed by atoms with van der Waals surface area (Å²) in [5.41, 5.74) is 1.26. The summed E-state index contributed by atoms with van der Waals surface area (Å²) >= 11 is 0. The van der Waals surface area contributed by atoms with E-state index in [4.69, 9.17) is 19.2 Å². The van der Waals surface area contributed by atoms with Gasteiger partial charge in [-0.1, -0.05) is 12.1 Å². The molecule has 0 aliphatic heterocycles. The van der Waals surface area contributed by atoms with Crippen LogP contribution in [0.2, 0.25) is 0 Å². The van der Waals surface area contributed by atoms with Crippen molar-refractivity contribution in [3.05, 3.63) is 70.1 Å². The highest BCUT2D eigenvalue weighted by Gasteiger charge is 2.19. The fraction of sp³-hybridized carbons (Fsp3) is 0.182. The Bertz CT molecular complexity index is 1210. The predicted molar refractivity (Wildman–Crippen MR) is 108 cm³/mol. The van der Waals surface area contributed by atoms with Crippen LogP contribution in [0.4, 0.5) is 5.69 Å². The molecule has 0 bridgehead atoms. The third kappa shape index (κ3) is 4.83. The summed E-state index contributed by atoms with van der Waals surface area (Å²) < 4.78 is 15.6. The summed E-state index contributed by atoms with van der Waals surface area (Å²) in [5.74, 6) is -1.01. The van der Waals surface area contributed by atoms with Crippen LogP contribution in [0.5, 0.6) is 5.75 Å². The third-order valence-electron chi connectivity index (χ3n) is 4.26. The van der Waals surface area contributed by atoms with Gasteiger partial charge in [0.15, 0.2) is 12.7 Å². The lowest BCUT2D eigenvalue weighted by atomic mass is 10.1. The van der Waals surface area contributed by atoms with Crippen molar-refractivity contribution in [1.82, 2.24) is 0 Å². The summed E-state index contributed by atoms with van der Waals surface area (Å²) in [6, 6.07) is 14.7. The van der Waals surface area contributed by atoms with E-state index in [9.17, 15) is 14.4 Å². The van der Waals surface area contributed by atoms with E-state index in [-0.39, 0.29) is 0 Å². The highest BCUT2D eigenvalue weighted by Crippen LogP contribution is 2.22. The molecule has 8 heteroatoms. The van der Waals surface area contributed by atoms with Crippen LogP contribution in [-0.4, -0.2) is 24.6 Å². The minimum absolute atomic E-state index is 0.297. The monoisotopic (exact) mass is 406 g/mol. The van der Waals surface area contributed by atoms with E-state index in [2.05, 4.69) is 5.32 Å². The van der Waals surface area contributed by atoms with E-state index in [0.717, 1.165) is 10.9 Å². The Morgan fingerprint density at radius 3 is 2.73 bits per heavy atom. The fourth-order valence-corrected chi connectivity index (χ4v) is 2.75. The molecule has 1 atom stereocenters. The number of aryl methyl sites for hydroxylation is 1. The van der Waals surface area contributed by atoms with E-state index in [1.165, 1.54) is 19.1 Å². The number of anilines is 1. The van der Waals surface area contributed by atoms with Gasteiger partial charge < -0.3 is 19.2 Å². The second-order valence-corrected chi connectivity index (χ2v) is 6.47. The number of nitriles is 1. The molecule has 3 aromatic rings. The normalized spacial score (nSPS) is 11.4. The lowest BCUT2D eigenvalue weighted by Crippen LogP contribution is -2.31. The first-order chi connectivity index (χ1) is 14.4. The summed E-state index contributed by atoms with van der Waals surface area (Å²) in [5, 5.41) is 12.4. The van der Waals surface area contributed by atoms with Crippen LogP contribution in [0.25, 0.3) is 11.0 Å². The van der Waals surface area contributed by atoms with Crippen molar-refractivity contribution in [2.45, 2.75) is 20.0 Å². The van der Waals surface area contributed by atoms with Crippen LogP contribution < -0.4 is 15.7 Å². The number of carbonyl (C=O) groups excluding carboxylic acids is 2. The molecule has 0 radical (unpaired) electrons. The first-order valence-corrected chi connectivity index (χ1v) is 9.04. The molecule has 0 fully saturated rings. The van der Waals surface area contributed by atoms with E-state index in [1.54, 1.807) is 43.3 Å². The fourth-order valence-electron chi connectivity index (χ4n) is 2.75. The summed E-state index contributed by atoms with van der Waals surface area (Å²) in [7, 11) is 0. The van der Waals surface area contributed by atoms with Gasteiger partial charge in [0.25, 0.3) is 5.91 Å². The Labute approximate surface area is 171 Å². The van der Waals surface area contributed by atoms with Gasteiger partial charge in [-0.2, -0.15) is 5.26 Å². The number of ether oxygens (including phenoxy) is 2. The third-order valence-corrected chi connectivity index (χ3v) is 4.26. The molecule has 0 spiro atoms. The van der Waals surface area contributed by atoms with Gasteiger partial charge in [-0.05, 0) is 43.7 Å². The van der Waals surface area contributed by atoms with Crippen molar-refractivity contribution < 1.29 is 23.5 Å². The summed E-state index contributed by atoms with van der Waals surface area (Å²) in [4.78, 5) is 35.7. The van der Waals surface area contributed by atoms with Crippen LogP contribution in [0, 0.1) is 18.3 Å². The van der Waals surface area contributed by atoms with Crippen molar-refractivity contribution in [3.63, 3.8) is 0 Å². The van der Waals surface area contributed by atoms with Crippen LogP contribution in [0.1, 0.15) is 18.1 Å². The lowest BCUT2D eigenvalue weighted by molar-refractivity contribution is -0.155. The molecular weight excluding hydrogens is 388 g/mol. The van der Waals surface area contributed by atoms with Crippen LogP contribution in [0.15, 0.2) is 57.7 Å². The maximum absolute atomic E-state index is 12.2. The molecule has 2 aromatic carbocycles. The lowest BCUT2D eigenvalue weighted by Gasteiger charge is -2.14. The molecule has 0 saturated heterocycles. The number of hydrogen-bond donors (Lipinski definition) is 1. The number of para-hydroxylation sites is 1. The van der Waals surface area contributed by atoms with E-state index in [0.29, 0.717) is 22.6 Å². The number of fused-ring (bicyclic) bond motifs is 1. The molecular formula is C22H18N2O6. The van der Waals surface area contributed by atoms with Gasteiger partial charge in [-0.15, -0.1) is 0 Å². The standard InChI is InChI=1S/C22H18N2O6/c1-13-9-20(25)30-19-10-16(7-8-17(13)19)28-12-21(26)29-14(2)22(27)24-18-6-4-3-5-15(18)11-23/h3-10,14H,12H2,1-2H3,(H,24,27)/t14-/m1/s1. The summed E-state index contributed by atoms with van der Waals surface area (Å²) in [6.45, 7) is 2.77. The maximum atomic E-state index is 12.2. The molecule has 8 nitrogen and oxygen atoms in total. The summed E-state index contributed by atoms with van der Waals surface area (Å²) in [6.07, 6.45) is -1.09. The number of nitrogens with zero attached hydrogens (tertiary/aromatic N) is 1. The molecule has 3 rings (SSSR count). The van der Waals surface area contributed by atoms with Crippen molar-refractivity contribution in [1.29, 1.82) is 5.26 Å². The molecule has 1 aromatic heterocycles. The van der Waals surface area contributed by atoms with Gasteiger partial charge in [0.1, 0.15) is 17.4 Å². The van der Waals surface area contributed by atoms with Gasteiger partial charge >= 0.3 is 11.6 Å². The van der Waals surface area contributed by atoms with Crippen molar-refractivity contribution in [3.8, 4) is 11.8 Å². The van der Waals surface area contributed by atoms with Gasteiger partial charge in [-0.25, -0.2) is 9.59 Å². The molecule has 0 saturated carbocycles.